The van der Waals surface area contributed by atoms with E-state index in [1.54, 1.807) is 0 Å². The maximum Gasteiger partial charge on any atom is 0.0212 e. The second kappa shape index (κ2) is 6.55. The minimum Gasteiger partial charge on any atom is -0.328 e. The monoisotopic (exact) mass is 297 g/mol. The zero-order chi connectivity index (χ0) is 13.0. The molecule has 0 aromatic heterocycles. The normalized spacial score (nSPS) is 14.7. The first kappa shape index (κ1) is 14.7. The van der Waals surface area contributed by atoms with Crippen LogP contribution < -0.4 is 5.73 Å². The molecule has 1 aromatic carbocycles. The van der Waals surface area contributed by atoms with Crippen LogP contribution in [-0.4, -0.2) is 6.04 Å². The van der Waals surface area contributed by atoms with Crippen LogP contribution in [0.2, 0.25) is 0 Å². The Kier molecular flexibility index (Phi) is 5.68. The van der Waals surface area contributed by atoms with Gasteiger partial charge in [0.25, 0.3) is 0 Å². The summed E-state index contributed by atoms with van der Waals surface area (Å²) >= 11 is 3.67. The number of benzene rings is 1. The van der Waals surface area contributed by atoms with Gasteiger partial charge in [-0.25, -0.2) is 0 Å². The number of rotatable bonds is 5. The molecule has 2 heteroatoms. The standard InChI is InChI=1S/C15H24BrN/c1-5-13(17)7-6-10(2)14-8-11(3)12(4)9-15(14)16/h8-10,13H,5-7,17H2,1-4H3. The average Bonchev–Trinajstić information content (AvgIpc) is 2.30. The van der Waals surface area contributed by atoms with Crippen molar-refractivity contribution in [2.45, 2.75) is 58.9 Å². The van der Waals surface area contributed by atoms with E-state index in [0.717, 1.165) is 19.3 Å². The van der Waals surface area contributed by atoms with E-state index in [9.17, 15) is 0 Å². The van der Waals surface area contributed by atoms with E-state index < -0.39 is 0 Å². The fourth-order valence-corrected chi connectivity index (χ4v) is 2.85. The van der Waals surface area contributed by atoms with Crippen LogP contribution in [0.15, 0.2) is 16.6 Å². The smallest absolute Gasteiger partial charge is 0.0212 e. The predicted octanol–water partition coefficient (Wildman–Crippen LogP) is 4.69. The van der Waals surface area contributed by atoms with Crippen molar-refractivity contribution in [1.29, 1.82) is 0 Å². The van der Waals surface area contributed by atoms with Gasteiger partial charge >= 0.3 is 0 Å². The molecule has 0 saturated carbocycles. The molecule has 0 aliphatic heterocycles. The van der Waals surface area contributed by atoms with Crippen LogP contribution in [0, 0.1) is 13.8 Å². The largest absolute Gasteiger partial charge is 0.328 e. The number of aryl methyl sites for hydroxylation is 2. The number of hydrogen-bond donors (Lipinski definition) is 1. The van der Waals surface area contributed by atoms with Crippen molar-refractivity contribution in [2.24, 2.45) is 5.73 Å². The van der Waals surface area contributed by atoms with E-state index in [-0.39, 0.29) is 0 Å². The molecule has 2 unspecified atom stereocenters. The van der Waals surface area contributed by atoms with Crippen LogP contribution in [0.1, 0.15) is 55.7 Å². The Balaban J connectivity index is 2.75. The van der Waals surface area contributed by atoms with Crippen molar-refractivity contribution in [3.63, 3.8) is 0 Å². The van der Waals surface area contributed by atoms with Gasteiger partial charge in [0.05, 0.1) is 0 Å². The quantitative estimate of drug-likeness (QED) is 0.838. The molecular formula is C15H24BrN. The van der Waals surface area contributed by atoms with E-state index in [0.29, 0.717) is 12.0 Å². The van der Waals surface area contributed by atoms with Gasteiger partial charge in [0.2, 0.25) is 0 Å². The zero-order valence-corrected chi connectivity index (χ0v) is 13.0. The highest BCUT2D eigenvalue weighted by Crippen LogP contribution is 2.30. The van der Waals surface area contributed by atoms with E-state index >= 15 is 0 Å². The first-order valence-electron chi connectivity index (χ1n) is 6.47. The number of hydrogen-bond acceptors (Lipinski definition) is 1. The van der Waals surface area contributed by atoms with Gasteiger partial charge in [0, 0.05) is 10.5 Å². The highest BCUT2D eigenvalue weighted by Gasteiger charge is 2.12. The summed E-state index contributed by atoms with van der Waals surface area (Å²) < 4.78 is 1.23. The van der Waals surface area contributed by atoms with Crippen molar-refractivity contribution in [3.8, 4) is 0 Å². The zero-order valence-electron chi connectivity index (χ0n) is 11.4. The molecule has 0 saturated heterocycles. The molecule has 17 heavy (non-hydrogen) atoms. The Morgan fingerprint density at radius 1 is 1.18 bits per heavy atom. The van der Waals surface area contributed by atoms with Gasteiger partial charge in [-0.05, 0) is 61.8 Å². The third kappa shape index (κ3) is 4.11. The molecule has 0 aliphatic rings. The van der Waals surface area contributed by atoms with E-state index in [4.69, 9.17) is 5.73 Å². The van der Waals surface area contributed by atoms with Crippen LogP contribution >= 0.6 is 15.9 Å². The van der Waals surface area contributed by atoms with Crippen molar-refractivity contribution < 1.29 is 0 Å². The molecule has 0 amide bonds. The molecule has 1 rings (SSSR count). The third-order valence-corrected chi connectivity index (χ3v) is 4.33. The van der Waals surface area contributed by atoms with Gasteiger partial charge in [-0.1, -0.05) is 35.8 Å². The summed E-state index contributed by atoms with van der Waals surface area (Å²) in [6, 6.07) is 4.88. The summed E-state index contributed by atoms with van der Waals surface area (Å²) in [6.07, 6.45) is 3.34. The molecule has 0 radical (unpaired) electrons. The maximum atomic E-state index is 5.98. The van der Waals surface area contributed by atoms with Gasteiger partial charge in [0.15, 0.2) is 0 Å². The SMILES string of the molecule is CCC(N)CCC(C)c1cc(C)c(C)cc1Br. The molecule has 2 atom stereocenters. The van der Waals surface area contributed by atoms with Crippen LogP contribution in [0.3, 0.4) is 0 Å². The minimum atomic E-state index is 0.350. The Hall–Kier alpha value is -0.340. The second-order valence-corrected chi connectivity index (χ2v) is 5.96. The lowest BCUT2D eigenvalue weighted by atomic mass is 9.92. The summed E-state index contributed by atoms with van der Waals surface area (Å²) in [5.41, 5.74) is 10.1. The fraction of sp³-hybridized carbons (Fsp3) is 0.600. The van der Waals surface area contributed by atoms with Crippen molar-refractivity contribution in [1.82, 2.24) is 0 Å². The average molecular weight is 298 g/mol. The van der Waals surface area contributed by atoms with Crippen molar-refractivity contribution in [2.75, 3.05) is 0 Å². The molecule has 0 spiro atoms. The van der Waals surface area contributed by atoms with Crippen LogP contribution in [-0.2, 0) is 0 Å². The summed E-state index contributed by atoms with van der Waals surface area (Å²) in [7, 11) is 0. The molecule has 1 nitrogen and oxygen atoms in total. The van der Waals surface area contributed by atoms with Gasteiger partial charge in [-0.15, -0.1) is 0 Å². The van der Waals surface area contributed by atoms with Crippen LogP contribution in [0.25, 0.3) is 0 Å². The number of nitrogens with two attached hydrogens (primary N) is 1. The topological polar surface area (TPSA) is 26.0 Å². The van der Waals surface area contributed by atoms with E-state index in [1.165, 1.54) is 21.2 Å². The lowest BCUT2D eigenvalue weighted by Gasteiger charge is -2.17. The van der Waals surface area contributed by atoms with Crippen LogP contribution in [0.4, 0.5) is 0 Å². The molecule has 0 fully saturated rings. The van der Waals surface area contributed by atoms with Crippen molar-refractivity contribution in [3.05, 3.63) is 33.3 Å². The van der Waals surface area contributed by atoms with Crippen molar-refractivity contribution >= 4 is 15.9 Å². The summed E-state index contributed by atoms with van der Waals surface area (Å²) in [5, 5.41) is 0. The highest BCUT2D eigenvalue weighted by molar-refractivity contribution is 9.10. The van der Waals surface area contributed by atoms with Crippen LogP contribution in [0.5, 0.6) is 0 Å². The molecule has 96 valence electrons. The number of halogens is 1. The molecule has 0 aliphatic carbocycles. The Bertz CT molecular complexity index is 373. The first-order valence-corrected chi connectivity index (χ1v) is 7.27. The van der Waals surface area contributed by atoms with E-state index in [2.05, 4.69) is 55.8 Å². The third-order valence-electron chi connectivity index (χ3n) is 3.64. The summed E-state index contributed by atoms with van der Waals surface area (Å²) in [4.78, 5) is 0. The highest BCUT2D eigenvalue weighted by atomic mass is 79.9. The Labute approximate surface area is 114 Å². The summed E-state index contributed by atoms with van der Waals surface area (Å²) in [6.45, 7) is 8.77. The molecule has 1 aromatic rings. The second-order valence-electron chi connectivity index (χ2n) is 5.10. The molecular weight excluding hydrogens is 274 g/mol. The Morgan fingerprint density at radius 2 is 1.76 bits per heavy atom. The minimum absolute atomic E-state index is 0.350. The van der Waals surface area contributed by atoms with E-state index in [1.807, 2.05) is 0 Å². The summed E-state index contributed by atoms with van der Waals surface area (Å²) in [5.74, 6) is 0.571. The van der Waals surface area contributed by atoms with Gasteiger partial charge in [-0.2, -0.15) is 0 Å². The van der Waals surface area contributed by atoms with Gasteiger partial charge < -0.3 is 5.73 Å². The maximum absolute atomic E-state index is 5.98. The first-order chi connectivity index (χ1) is 7.95. The lowest BCUT2D eigenvalue weighted by Crippen LogP contribution is -2.19. The molecule has 0 bridgehead atoms. The molecule has 0 heterocycles. The van der Waals surface area contributed by atoms with Gasteiger partial charge in [-0.3, -0.25) is 0 Å². The fourth-order valence-electron chi connectivity index (χ4n) is 2.00. The Morgan fingerprint density at radius 3 is 2.35 bits per heavy atom. The predicted molar refractivity (Wildman–Crippen MR) is 79.5 cm³/mol. The van der Waals surface area contributed by atoms with Gasteiger partial charge in [0.1, 0.15) is 0 Å². The molecule has 2 N–H and O–H groups in total. The lowest BCUT2D eigenvalue weighted by molar-refractivity contribution is 0.529.